The van der Waals surface area contributed by atoms with Crippen LogP contribution in [-0.2, 0) is 17.2 Å². The normalized spacial score (nSPS) is 12.4. The molecule has 0 aliphatic heterocycles. The summed E-state index contributed by atoms with van der Waals surface area (Å²) < 4.78 is 101. The molecule has 0 unspecified atom stereocenters. The molecule has 1 aromatic heterocycles. The number of alkyl halides is 3. The third kappa shape index (κ3) is 7.16. The second-order valence-electron chi connectivity index (χ2n) is 3.13. The molecule has 0 saturated carbocycles. The van der Waals surface area contributed by atoms with Crippen molar-refractivity contribution in [3.63, 3.8) is 0 Å². The van der Waals surface area contributed by atoms with Crippen molar-refractivity contribution < 1.29 is 47.6 Å². The Morgan fingerprint density at radius 1 is 1.15 bits per heavy atom. The van der Waals surface area contributed by atoms with Gasteiger partial charge in [-0.3, -0.25) is 0 Å². The van der Waals surface area contributed by atoms with Gasteiger partial charge >= 0.3 is 28.8 Å². The number of hydrogen-bond donors (Lipinski definition) is 0. The van der Waals surface area contributed by atoms with Gasteiger partial charge in [0.25, 0.3) is 0 Å². The lowest BCUT2D eigenvalue weighted by Crippen LogP contribution is -2.35. The summed E-state index contributed by atoms with van der Waals surface area (Å²) in [5, 5.41) is 0. The van der Waals surface area contributed by atoms with Crippen molar-refractivity contribution in [2.45, 2.75) is 5.51 Å². The average molecular weight is 329 g/mol. The number of rotatable bonds is 2. The lowest BCUT2D eigenvalue weighted by molar-refractivity contribution is -0.674. The van der Waals surface area contributed by atoms with Gasteiger partial charge in [0.15, 0.2) is 6.20 Å². The van der Waals surface area contributed by atoms with Gasteiger partial charge in [0.2, 0.25) is 0 Å². The fraction of sp³-hybridized carbons (Fsp3) is 0.286. The highest BCUT2D eigenvalue weighted by Crippen LogP contribution is 2.25. The molecule has 13 heteroatoms. The van der Waals surface area contributed by atoms with Crippen LogP contribution in [0, 0.1) is 0 Å². The predicted octanol–water partition coefficient (Wildman–Crippen LogP) is 2.04. The molecular formula is C7H7BF7NO3S. The Hall–Kier alpha value is -1.53. The zero-order valence-electron chi connectivity index (χ0n) is 9.61. The minimum atomic E-state index is -6.00. The van der Waals surface area contributed by atoms with Crippen LogP contribution in [0.2, 0.25) is 0 Å². The number of nitrogens with zero attached hydrogens (tertiary/aromatic N) is 1. The highest BCUT2D eigenvalue weighted by Gasteiger charge is 2.49. The molecule has 0 aromatic carbocycles. The molecule has 20 heavy (non-hydrogen) atoms. The van der Waals surface area contributed by atoms with E-state index in [2.05, 4.69) is 4.18 Å². The fourth-order valence-electron chi connectivity index (χ4n) is 0.754. The molecule has 0 amide bonds. The third-order valence-corrected chi connectivity index (χ3v) is 2.44. The van der Waals surface area contributed by atoms with Crippen LogP contribution >= 0.6 is 0 Å². The molecule has 4 nitrogen and oxygen atoms in total. The van der Waals surface area contributed by atoms with Crippen molar-refractivity contribution in [3.05, 3.63) is 24.4 Å². The first-order chi connectivity index (χ1) is 8.74. The van der Waals surface area contributed by atoms with Crippen molar-refractivity contribution in [2.24, 2.45) is 7.05 Å². The molecule has 0 spiro atoms. The van der Waals surface area contributed by atoms with E-state index in [1.165, 1.54) is 25.4 Å². The molecule has 0 N–H and O–H groups in total. The van der Waals surface area contributed by atoms with E-state index in [4.69, 9.17) is 0 Å². The first kappa shape index (κ1) is 18.5. The summed E-state index contributed by atoms with van der Waals surface area (Å²) in [5.41, 5.74) is -5.42. The summed E-state index contributed by atoms with van der Waals surface area (Å²) in [6.07, 6.45) is 1.36. The van der Waals surface area contributed by atoms with Gasteiger partial charge in [0, 0.05) is 6.07 Å². The van der Waals surface area contributed by atoms with Gasteiger partial charge in [-0.05, 0) is 6.07 Å². The number of hydrogen-bond acceptors (Lipinski definition) is 3. The Morgan fingerprint density at radius 3 is 1.95 bits per heavy atom. The maximum atomic E-state index is 11.9. The first-order valence-electron chi connectivity index (χ1n) is 4.57. The van der Waals surface area contributed by atoms with E-state index in [1.807, 2.05) is 0 Å². The topological polar surface area (TPSA) is 47.2 Å². The molecule has 0 aliphatic carbocycles. The van der Waals surface area contributed by atoms with Crippen LogP contribution in [0.15, 0.2) is 24.4 Å². The van der Waals surface area contributed by atoms with Gasteiger partial charge in [-0.15, -0.1) is 0 Å². The molecule has 0 radical (unpaired) electrons. The Balaban J connectivity index is 0.000000621. The summed E-state index contributed by atoms with van der Waals surface area (Å²) in [6, 6.07) is 4.00. The molecule has 0 saturated heterocycles. The average Bonchev–Trinajstić information content (AvgIpc) is 2.17. The Morgan fingerprint density at radius 2 is 1.60 bits per heavy atom. The Kier molecular flexibility index (Phi) is 5.80. The summed E-state index contributed by atoms with van der Waals surface area (Å²) in [6.45, 7) is 0. The van der Waals surface area contributed by atoms with Crippen LogP contribution in [0.25, 0.3) is 0 Å². The molecule has 0 fully saturated rings. The zero-order chi connectivity index (χ0) is 16.2. The van der Waals surface area contributed by atoms with Gasteiger partial charge in [0.05, 0.1) is 6.07 Å². The minimum absolute atomic E-state index is 0.408. The van der Waals surface area contributed by atoms with Crippen molar-refractivity contribution in [1.82, 2.24) is 0 Å². The Bertz CT molecular complexity index is 536. The van der Waals surface area contributed by atoms with E-state index < -0.39 is 28.8 Å². The van der Waals surface area contributed by atoms with Crippen LogP contribution in [0.5, 0.6) is 5.88 Å². The van der Waals surface area contributed by atoms with E-state index in [0.717, 1.165) is 10.6 Å². The number of pyridine rings is 1. The van der Waals surface area contributed by atoms with E-state index in [9.17, 15) is 38.9 Å². The summed E-state index contributed by atoms with van der Waals surface area (Å²) in [5.74, 6) is -0.408. The van der Waals surface area contributed by atoms with Crippen molar-refractivity contribution >= 4 is 17.4 Å². The maximum Gasteiger partial charge on any atom is 0.673 e. The highest BCUT2D eigenvalue weighted by molar-refractivity contribution is 7.87. The largest absolute Gasteiger partial charge is 0.673 e. The zero-order valence-corrected chi connectivity index (χ0v) is 10.4. The first-order valence-corrected chi connectivity index (χ1v) is 5.97. The van der Waals surface area contributed by atoms with Crippen LogP contribution in [0.1, 0.15) is 0 Å². The smallest absolute Gasteiger partial charge is 0.418 e. The molecular weight excluding hydrogens is 322 g/mol. The number of halogens is 7. The summed E-state index contributed by atoms with van der Waals surface area (Å²) in [7, 11) is -10.2. The van der Waals surface area contributed by atoms with E-state index in [0.29, 0.717) is 0 Å². The Labute approximate surface area is 109 Å². The van der Waals surface area contributed by atoms with Crippen LogP contribution in [-0.4, -0.2) is 21.2 Å². The second-order valence-corrected chi connectivity index (χ2v) is 4.67. The quantitative estimate of drug-likeness (QED) is 0.274. The van der Waals surface area contributed by atoms with Crippen LogP contribution in [0.3, 0.4) is 0 Å². The molecule has 0 aliphatic rings. The van der Waals surface area contributed by atoms with Crippen LogP contribution in [0.4, 0.5) is 30.4 Å². The van der Waals surface area contributed by atoms with E-state index >= 15 is 0 Å². The SMILES string of the molecule is C[n+]1ccccc1OS(=O)(=O)C(F)(F)F.F[B-](F)(F)F. The number of aryl methyl sites for hydroxylation is 1. The van der Waals surface area contributed by atoms with Gasteiger partial charge < -0.3 is 21.4 Å². The van der Waals surface area contributed by atoms with E-state index in [1.54, 1.807) is 0 Å². The summed E-state index contributed by atoms with van der Waals surface area (Å²) >= 11 is 0. The monoisotopic (exact) mass is 329 g/mol. The van der Waals surface area contributed by atoms with Gasteiger partial charge in [-0.2, -0.15) is 26.2 Å². The lowest BCUT2D eigenvalue weighted by Gasteiger charge is -2.06. The van der Waals surface area contributed by atoms with Crippen molar-refractivity contribution in [3.8, 4) is 5.88 Å². The van der Waals surface area contributed by atoms with Crippen molar-refractivity contribution in [2.75, 3.05) is 0 Å². The highest BCUT2D eigenvalue weighted by atomic mass is 32.2. The van der Waals surface area contributed by atoms with Gasteiger partial charge in [-0.1, -0.05) is 0 Å². The molecule has 0 atom stereocenters. The fourth-order valence-corrected chi connectivity index (χ4v) is 1.25. The van der Waals surface area contributed by atoms with Crippen LogP contribution < -0.4 is 8.75 Å². The second kappa shape index (κ2) is 6.28. The van der Waals surface area contributed by atoms with Crippen molar-refractivity contribution in [1.29, 1.82) is 0 Å². The molecule has 1 rings (SSSR count). The molecule has 1 heterocycles. The third-order valence-electron chi connectivity index (χ3n) is 1.49. The molecule has 1 aromatic rings. The standard InChI is InChI=1S/C7H7F3NO3S.BF4/c1-11-5-3-2-4-6(11)14-15(12,13)7(8,9)10;2-1(3,4)5/h2-5H,1H3;/q+1;-1. The minimum Gasteiger partial charge on any atom is -0.418 e. The maximum absolute atomic E-state index is 11.9. The van der Waals surface area contributed by atoms with Gasteiger partial charge in [-0.25, -0.2) is 0 Å². The lowest BCUT2D eigenvalue weighted by atomic mass is 10.3. The van der Waals surface area contributed by atoms with E-state index in [-0.39, 0.29) is 0 Å². The number of aromatic nitrogens is 1. The summed E-state index contributed by atoms with van der Waals surface area (Å²) in [4.78, 5) is 0. The predicted molar refractivity (Wildman–Crippen MR) is 53.4 cm³/mol. The molecule has 116 valence electrons. The van der Waals surface area contributed by atoms with Gasteiger partial charge in [0.1, 0.15) is 7.05 Å². The molecule has 0 bridgehead atoms.